The maximum Gasteiger partial charge on any atom is 0.248 e. The smallest absolute Gasteiger partial charge is 0.248 e. The summed E-state index contributed by atoms with van der Waals surface area (Å²) in [4.78, 5) is 108. The molecule has 1 saturated carbocycles. The molecule has 1 aromatic carbocycles. The van der Waals surface area contributed by atoms with E-state index in [0.29, 0.717) is 16.7 Å². The fourth-order valence-electron chi connectivity index (χ4n) is 6.95. The van der Waals surface area contributed by atoms with Gasteiger partial charge in [-0.25, -0.2) is 0 Å². The molecule has 23 nitrogen and oxygen atoms in total. The molecule has 2 fully saturated rings. The number of ketones is 1. The Kier molecular flexibility index (Phi) is 17.2. The normalized spacial score (nSPS) is 20.4. The van der Waals surface area contributed by atoms with Crippen LogP contribution < -0.4 is 46.4 Å². The maximum absolute atomic E-state index is 14.5. The highest BCUT2D eigenvalue weighted by Gasteiger charge is 2.64. The number of aromatic nitrogens is 1. The second-order valence-electron chi connectivity index (χ2n) is 14.8. The van der Waals surface area contributed by atoms with E-state index in [1.807, 2.05) is 0 Å². The lowest BCUT2D eigenvalue weighted by molar-refractivity contribution is -0.141. The molecule has 2 heterocycles. The summed E-state index contributed by atoms with van der Waals surface area (Å²) < 4.78 is 19.8. The van der Waals surface area contributed by atoms with E-state index in [4.69, 9.17) is 14.5 Å². The Hall–Kier alpha value is -4.64. The number of amides is 7. The molecule has 14 N–H and O–H groups in total. The number of H-pyrrole nitrogens is 1. The van der Waals surface area contributed by atoms with Gasteiger partial charge in [0.05, 0.1) is 49.9 Å². The van der Waals surface area contributed by atoms with Crippen molar-refractivity contribution in [3.63, 3.8) is 0 Å². The van der Waals surface area contributed by atoms with Crippen molar-refractivity contribution in [1.29, 1.82) is 0 Å². The number of nitrogens with one attached hydrogen (secondary N) is 7. The third kappa shape index (κ3) is 12.1. The van der Waals surface area contributed by atoms with Crippen molar-refractivity contribution < 1.29 is 61.3 Å². The molecule has 2 aromatic rings. The van der Waals surface area contributed by atoms with Crippen LogP contribution in [-0.2, 0) is 56.0 Å². The molecule has 9 atom stereocenters. The minimum atomic E-state index is -2.29. The van der Waals surface area contributed by atoms with Crippen LogP contribution in [0.1, 0.15) is 31.7 Å². The predicted molar refractivity (Wildman–Crippen MR) is 223 cm³/mol. The van der Waals surface area contributed by atoms with E-state index in [-0.39, 0.29) is 42.3 Å². The maximum atomic E-state index is 14.5. The van der Waals surface area contributed by atoms with E-state index in [2.05, 4.69) is 36.9 Å². The lowest BCUT2D eigenvalue weighted by Crippen LogP contribution is -2.58. The topological polar surface area (TPSA) is 373 Å². The van der Waals surface area contributed by atoms with Gasteiger partial charge in [-0.05, 0) is 19.2 Å². The van der Waals surface area contributed by atoms with Gasteiger partial charge in [0.2, 0.25) is 46.4 Å². The summed E-state index contributed by atoms with van der Waals surface area (Å²) in [5.74, 6) is -7.57. The van der Waals surface area contributed by atoms with Gasteiger partial charge in [0, 0.05) is 67.0 Å². The number of aromatic amines is 1. The summed E-state index contributed by atoms with van der Waals surface area (Å²) in [6.07, 6.45) is -3.57. The number of carbonyl (C=O) groups excluding carboxylic acids is 8. The zero-order valence-electron chi connectivity index (χ0n) is 33.4. The highest BCUT2D eigenvalue weighted by Crippen LogP contribution is 2.46. The lowest BCUT2D eigenvalue weighted by Gasteiger charge is -2.29. The van der Waals surface area contributed by atoms with Gasteiger partial charge in [0.15, 0.2) is 34.8 Å². The van der Waals surface area contributed by atoms with Crippen molar-refractivity contribution in [3.05, 3.63) is 23.8 Å². The zero-order chi connectivity index (χ0) is 45.3. The van der Waals surface area contributed by atoms with Gasteiger partial charge in [-0.2, -0.15) is 0 Å². The van der Waals surface area contributed by atoms with Gasteiger partial charge in [-0.15, -0.1) is 0 Å². The van der Waals surface area contributed by atoms with Crippen molar-refractivity contribution in [3.8, 4) is 5.75 Å². The molecule has 7 amide bonds. The third-order valence-corrected chi connectivity index (χ3v) is 12.4. The number of benzene rings is 1. The van der Waals surface area contributed by atoms with Crippen molar-refractivity contribution >= 4 is 92.2 Å². The van der Waals surface area contributed by atoms with Crippen LogP contribution in [0.3, 0.4) is 0 Å². The Bertz CT molecular complexity index is 2010. The van der Waals surface area contributed by atoms with Crippen LogP contribution in [0.4, 0.5) is 0 Å². The summed E-state index contributed by atoms with van der Waals surface area (Å²) in [6, 6.07) is -1.53. The van der Waals surface area contributed by atoms with Crippen LogP contribution in [0.5, 0.6) is 5.75 Å². The van der Waals surface area contributed by atoms with Crippen molar-refractivity contribution in [2.24, 2.45) is 17.4 Å². The first kappa shape index (κ1) is 49.0. The molecular formula is C36H51IN10O13S. The molecule has 0 radical (unpaired) electrons. The monoisotopic (exact) mass is 990 g/mol. The van der Waals surface area contributed by atoms with Gasteiger partial charge in [-0.3, -0.25) is 38.4 Å². The molecule has 1 saturated heterocycles. The molecule has 4 rings (SSSR count). The molecule has 2 aliphatic rings. The third-order valence-electron chi connectivity index (χ3n) is 10.5. The van der Waals surface area contributed by atoms with E-state index in [1.54, 1.807) is 41.2 Å². The fourth-order valence-corrected chi connectivity index (χ4v) is 8.62. The second-order valence-corrected chi connectivity index (χ2v) is 16.7. The van der Waals surface area contributed by atoms with Gasteiger partial charge in [-0.1, -0.05) is 6.92 Å². The lowest BCUT2D eigenvalue weighted by atomic mass is 9.95. The van der Waals surface area contributed by atoms with Crippen molar-refractivity contribution in [2.45, 2.75) is 79.5 Å². The van der Waals surface area contributed by atoms with Crippen LogP contribution in [0, 0.1) is 5.92 Å². The Morgan fingerprint density at radius 2 is 1.72 bits per heavy atom. The molecule has 1 aliphatic heterocycles. The zero-order valence-corrected chi connectivity index (χ0v) is 36.4. The molecule has 2 unspecified atom stereocenters. The number of likely N-dealkylation sites (N-methyl/N-ethyl adjacent to an activating group) is 2. The van der Waals surface area contributed by atoms with E-state index >= 15 is 0 Å². The first-order valence-corrected chi connectivity index (χ1v) is 21.2. The van der Waals surface area contributed by atoms with Crippen molar-refractivity contribution in [2.75, 3.05) is 46.1 Å². The van der Waals surface area contributed by atoms with Crippen LogP contribution in [0.2, 0.25) is 0 Å². The molecule has 336 valence electrons. The van der Waals surface area contributed by atoms with Gasteiger partial charge < -0.3 is 76.2 Å². The average Bonchev–Trinajstić information content (AvgIpc) is 3.53. The molecule has 25 heteroatoms. The standard InChI is InChI=1S/C36H51IN10O13S/c1-16(25(50)14-48)30(39)33(57)44-22(31(55)42-12-28(53)41-3)7-20-19-5-4-18(60-37)6-21(19)46-34(20)61(59)15-24(43-29(54)11-40-2)32(56)45-23(8-27(38)52)35(58)47-13-17(49)9-36(47)10-26(36)51/h4-6,16-17,22-25,30,40,46,48-50H,7-15,39H2,1-3H3,(H2,38,52)(H,41,53)(H,42,55)(H,43,54)(H,44,57)(H,45,56)/t16-,17+,22-,23-,24-,25-,30-,36?,61?/m0/s1. The predicted octanol–water partition coefficient (Wildman–Crippen LogP) is -5.42. The number of aliphatic hydroxyl groups is 3. The van der Waals surface area contributed by atoms with E-state index in [1.165, 1.54) is 21.0 Å². The highest BCUT2D eigenvalue weighted by atomic mass is 127. The minimum absolute atomic E-state index is 0.0200. The average molecular weight is 991 g/mol. The number of hydrogen-bond acceptors (Lipinski definition) is 15. The summed E-state index contributed by atoms with van der Waals surface area (Å²) in [7, 11) is 2.80. The number of carbonyl (C=O) groups is 8. The SMILES string of the molecule is CNCC(=O)N[C@@H](C[S+]([O-])c1[nH]c2cc(OI)ccc2c1C[C@H](NC(=O)[C@@H](N)[C@@H](C)[C@@H](O)CO)C(=O)NCC(=O)NC)C(=O)N[C@@H](CC(N)=O)C(=O)N1C[C@H](O)CC12CC2=O. The highest BCUT2D eigenvalue weighted by molar-refractivity contribution is 14.1. The summed E-state index contributed by atoms with van der Waals surface area (Å²) in [6.45, 7) is -0.318. The number of β-amino-alcohol motifs (C(OH)–C–C–N with tert-alkyl or cyclic N) is 1. The number of nitrogens with zero attached hydrogens (tertiary/aromatic N) is 1. The van der Waals surface area contributed by atoms with Crippen molar-refractivity contribution in [1.82, 2.24) is 41.8 Å². The first-order chi connectivity index (χ1) is 28.8. The Morgan fingerprint density at radius 1 is 1.05 bits per heavy atom. The summed E-state index contributed by atoms with van der Waals surface area (Å²) in [5.41, 5.74) is 10.8. The quantitative estimate of drug-likeness (QED) is 0.0387. The molecule has 0 bridgehead atoms. The first-order valence-electron chi connectivity index (χ1n) is 19.0. The molecule has 1 spiro atoms. The number of aliphatic hydroxyl groups excluding tert-OH is 3. The largest absolute Gasteiger partial charge is 0.610 e. The number of hydrogen-bond donors (Lipinski definition) is 12. The Balaban J connectivity index is 1.71. The number of likely N-dealkylation sites (tertiary alicyclic amines) is 1. The number of Topliss-reactive ketones (excluding diaryl/α,β-unsaturated/α-hetero) is 1. The van der Waals surface area contributed by atoms with Crippen LogP contribution >= 0.6 is 23.0 Å². The molecule has 61 heavy (non-hydrogen) atoms. The van der Waals surface area contributed by atoms with Crippen LogP contribution in [0.15, 0.2) is 23.2 Å². The van der Waals surface area contributed by atoms with E-state index in [0.717, 1.165) is 4.90 Å². The number of nitrogens with two attached hydrogens (primary N) is 2. The van der Waals surface area contributed by atoms with Gasteiger partial charge in [0.1, 0.15) is 29.1 Å². The summed E-state index contributed by atoms with van der Waals surface area (Å²) >= 11 is -0.642. The minimum Gasteiger partial charge on any atom is -0.610 e. The number of rotatable bonds is 22. The molecular weight excluding hydrogens is 939 g/mol. The second kappa shape index (κ2) is 21.4. The van der Waals surface area contributed by atoms with E-state index in [9.17, 15) is 58.2 Å². The Labute approximate surface area is 366 Å². The number of primary amides is 1. The number of fused-ring (bicyclic) bond motifs is 1. The summed E-state index contributed by atoms with van der Waals surface area (Å²) in [5, 5.41) is 44.9. The van der Waals surface area contributed by atoms with Crippen LogP contribution in [0.25, 0.3) is 10.9 Å². The molecule has 1 aromatic heterocycles. The van der Waals surface area contributed by atoms with Crippen LogP contribution in [-0.4, -0.2) is 165 Å². The number of halogens is 1. The van der Waals surface area contributed by atoms with Gasteiger partial charge >= 0.3 is 0 Å². The van der Waals surface area contributed by atoms with Gasteiger partial charge in [0.25, 0.3) is 0 Å². The Morgan fingerprint density at radius 3 is 2.31 bits per heavy atom. The molecule has 1 aliphatic carbocycles. The van der Waals surface area contributed by atoms with E-state index < -0.39 is 132 Å². The fraction of sp³-hybridized carbons (Fsp3) is 0.556.